The van der Waals surface area contributed by atoms with Crippen LogP contribution in [0.25, 0.3) is 0 Å². The van der Waals surface area contributed by atoms with Gasteiger partial charge in [-0.2, -0.15) is 0 Å². The van der Waals surface area contributed by atoms with Crippen LogP contribution in [0.1, 0.15) is 16.7 Å². The minimum absolute atomic E-state index is 0.0433. The van der Waals surface area contributed by atoms with Gasteiger partial charge in [-0.15, -0.1) is 0 Å². The van der Waals surface area contributed by atoms with Gasteiger partial charge in [0.05, 0.1) is 19.1 Å². The highest BCUT2D eigenvalue weighted by Gasteiger charge is 2.36. The second-order valence-electron chi connectivity index (χ2n) is 5.39. The molecule has 1 saturated heterocycles. The lowest BCUT2D eigenvalue weighted by Crippen LogP contribution is -2.40. The number of carbonyl (C=O) groups is 1. The zero-order valence-corrected chi connectivity index (χ0v) is 11.7. The Labute approximate surface area is 114 Å². The Hall–Kier alpha value is -1.39. The molecule has 1 aromatic rings. The zero-order valence-electron chi connectivity index (χ0n) is 11.7. The topological polar surface area (TPSA) is 49.8 Å². The van der Waals surface area contributed by atoms with Crippen molar-refractivity contribution < 1.29 is 14.6 Å². The van der Waals surface area contributed by atoms with Gasteiger partial charge in [0.25, 0.3) is 0 Å². The molecule has 2 unspecified atom stereocenters. The molecule has 104 valence electrons. The number of likely N-dealkylation sites (N-methyl/N-ethyl adjacent to an activating group) is 1. The molecule has 0 saturated carbocycles. The minimum Gasteiger partial charge on any atom is -0.481 e. The monoisotopic (exact) mass is 263 g/mol. The second kappa shape index (κ2) is 5.72. The van der Waals surface area contributed by atoms with Crippen molar-refractivity contribution in [3.05, 3.63) is 34.9 Å². The van der Waals surface area contributed by atoms with Gasteiger partial charge in [-0.05, 0) is 32.0 Å². The van der Waals surface area contributed by atoms with Crippen LogP contribution in [0.3, 0.4) is 0 Å². The fourth-order valence-corrected chi connectivity index (χ4v) is 2.62. The molecule has 0 spiro atoms. The Morgan fingerprint density at radius 3 is 2.79 bits per heavy atom. The number of benzene rings is 1. The van der Waals surface area contributed by atoms with E-state index < -0.39 is 11.9 Å². The van der Waals surface area contributed by atoms with Crippen molar-refractivity contribution in [3.63, 3.8) is 0 Å². The van der Waals surface area contributed by atoms with Crippen molar-refractivity contribution in [1.82, 2.24) is 4.90 Å². The predicted octanol–water partition coefficient (Wildman–Crippen LogP) is 1.83. The Balaban J connectivity index is 2.08. The summed E-state index contributed by atoms with van der Waals surface area (Å²) in [5, 5.41) is 9.18. The largest absolute Gasteiger partial charge is 0.481 e. The van der Waals surface area contributed by atoms with Crippen LogP contribution in [0.4, 0.5) is 0 Å². The number of nitrogens with zero attached hydrogens (tertiary/aromatic N) is 1. The van der Waals surface area contributed by atoms with Gasteiger partial charge in [0.2, 0.25) is 0 Å². The normalized spacial score (nSPS) is 22.9. The van der Waals surface area contributed by atoms with Gasteiger partial charge in [-0.1, -0.05) is 23.8 Å². The van der Waals surface area contributed by atoms with Gasteiger partial charge < -0.3 is 9.84 Å². The van der Waals surface area contributed by atoms with Crippen LogP contribution < -0.4 is 0 Å². The Morgan fingerprint density at radius 1 is 1.42 bits per heavy atom. The van der Waals surface area contributed by atoms with Crippen LogP contribution in [0.2, 0.25) is 0 Å². The fourth-order valence-electron chi connectivity index (χ4n) is 2.62. The molecular formula is C15H21NO3. The maximum atomic E-state index is 11.2. The molecule has 2 rings (SSSR count). The van der Waals surface area contributed by atoms with Crippen LogP contribution in [-0.4, -0.2) is 42.3 Å². The van der Waals surface area contributed by atoms with Gasteiger partial charge in [0, 0.05) is 12.6 Å². The average molecular weight is 263 g/mol. The number of carboxylic acids is 1. The number of rotatable bonds is 4. The highest BCUT2D eigenvalue weighted by atomic mass is 16.5. The van der Waals surface area contributed by atoms with Gasteiger partial charge in [-0.3, -0.25) is 9.69 Å². The molecule has 1 aliphatic heterocycles. The highest BCUT2D eigenvalue weighted by molar-refractivity contribution is 5.71. The summed E-state index contributed by atoms with van der Waals surface area (Å²) in [5.41, 5.74) is 3.73. The second-order valence-corrected chi connectivity index (χ2v) is 5.39. The van der Waals surface area contributed by atoms with Gasteiger partial charge in [0.15, 0.2) is 0 Å². The summed E-state index contributed by atoms with van der Waals surface area (Å²) in [5.74, 6) is -1.19. The van der Waals surface area contributed by atoms with Crippen LogP contribution in [-0.2, 0) is 16.1 Å². The first-order valence-corrected chi connectivity index (χ1v) is 6.56. The first-order valence-electron chi connectivity index (χ1n) is 6.56. The van der Waals surface area contributed by atoms with E-state index in [2.05, 4.69) is 36.9 Å². The van der Waals surface area contributed by atoms with Crippen molar-refractivity contribution in [3.8, 4) is 0 Å². The lowest BCUT2D eigenvalue weighted by atomic mass is 10.0. The van der Waals surface area contributed by atoms with E-state index in [0.717, 1.165) is 6.54 Å². The Kier molecular flexibility index (Phi) is 4.22. The van der Waals surface area contributed by atoms with Crippen molar-refractivity contribution in [2.45, 2.75) is 26.4 Å². The van der Waals surface area contributed by atoms with E-state index >= 15 is 0 Å². The van der Waals surface area contributed by atoms with E-state index in [9.17, 15) is 9.90 Å². The maximum Gasteiger partial charge on any atom is 0.310 e. The number of ether oxygens (including phenoxy) is 1. The van der Waals surface area contributed by atoms with Gasteiger partial charge >= 0.3 is 5.97 Å². The molecule has 0 amide bonds. The standard InChI is InChI=1S/C15H21NO3/c1-10-4-5-12(11(2)6-10)7-16(3)14-9-19-8-13(14)15(17)18/h4-6,13-14H,7-9H2,1-3H3,(H,17,18). The van der Waals surface area contributed by atoms with E-state index in [1.54, 1.807) is 0 Å². The molecule has 0 radical (unpaired) electrons. The van der Waals surface area contributed by atoms with Crippen molar-refractivity contribution >= 4 is 5.97 Å². The smallest absolute Gasteiger partial charge is 0.310 e. The Morgan fingerprint density at radius 2 is 2.16 bits per heavy atom. The average Bonchev–Trinajstić information content (AvgIpc) is 2.82. The summed E-state index contributed by atoms with van der Waals surface area (Å²) in [6.45, 7) is 5.74. The van der Waals surface area contributed by atoms with Crippen LogP contribution in [0.5, 0.6) is 0 Å². The third-order valence-corrected chi connectivity index (χ3v) is 3.85. The summed E-state index contributed by atoms with van der Waals surface area (Å²) in [6, 6.07) is 6.32. The third kappa shape index (κ3) is 3.14. The van der Waals surface area contributed by atoms with Crippen LogP contribution >= 0.6 is 0 Å². The van der Waals surface area contributed by atoms with E-state index in [1.165, 1.54) is 16.7 Å². The molecule has 19 heavy (non-hydrogen) atoms. The highest BCUT2D eigenvalue weighted by Crippen LogP contribution is 2.22. The summed E-state index contributed by atoms with van der Waals surface area (Å²) in [7, 11) is 1.97. The Bertz CT molecular complexity index is 472. The molecule has 1 aliphatic rings. The van der Waals surface area contributed by atoms with Crippen LogP contribution in [0, 0.1) is 19.8 Å². The first-order chi connectivity index (χ1) is 8.99. The molecule has 1 heterocycles. The van der Waals surface area contributed by atoms with Crippen molar-refractivity contribution in [2.75, 3.05) is 20.3 Å². The first kappa shape index (κ1) is 14.0. The quantitative estimate of drug-likeness (QED) is 0.900. The van der Waals surface area contributed by atoms with Crippen molar-refractivity contribution in [2.24, 2.45) is 5.92 Å². The van der Waals surface area contributed by atoms with E-state index in [0.29, 0.717) is 13.2 Å². The SMILES string of the molecule is Cc1ccc(CN(C)C2COCC2C(=O)O)c(C)c1. The molecule has 1 aromatic carbocycles. The molecule has 0 aromatic heterocycles. The maximum absolute atomic E-state index is 11.2. The zero-order chi connectivity index (χ0) is 14.0. The summed E-state index contributed by atoms with van der Waals surface area (Å²) in [4.78, 5) is 13.3. The van der Waals surface area contributed by atoms with E-state index in [1.807, 2.05) is 7.05 Å². The molecular weight excluding hydrogens is 242 g/mol. The molecule has 4 heteroatoms. The van der Waals surface area contributed by atoms with Crippen LogP contribution in [0.15, 0.2) is 18.2 Å². The molecule has 2 atom stereocenters. The lowest BCUT2D eigenvalue weighted by molar-refractivity contribution is -0.143. The lowest BCUT2D eigenvalue weighted by Gasteiger charge is -2.26. The summed E-state index contributed by atoms with van der Waals surface area (Å²) >= 11 is 0. The fraction of sp³-hybridized carbons (Fsp3) is 0.533. The summed E-state index contributed by atoms with van der Waals surface area (Å²) < 4.78 is 5.32. The number of carboxylic acid groups (broad SMARTS) is 1. The summed E-state index contributed by atoms with van der Waals surface area (Å²) in [6.07, 6.45) is 0. The molecule has 0 bridgehead atoms. The van der Waals surface area contributed by atoms with E-state index in [-0.39, 0.29) is 6.04 Å². The number of aliphatic carboxylic acids is 1. The molecule has 4 nitrogen and oxygen atoms in total. The third-order valence-electron chi connectivity index (χ3n) is 3.85. The molecule has 1 fully saturated rings. The number of hydrogen-bond acceptors (Lipinski definition) is 3. The number of hydrogen-bond donors (Lipinski definition) is 1. The molecule has 1 N–H and O–H groups in total. The van der Waals surface area contributed by atoms with Gasteiger partial charge in [0.1, 0.15) is 0 Å². The van der Waals surface area contributed by atoms with Gasteiger partial charge in [-0.25, -0.2) is 0 Å². The van der Waals surface area contributed by atoms with Crippen molar-refractivity contribution in [1.29, 1.82) is 0 Å². The molecule has 0 aliphatic carbocycles. The van der Waals surface area contributed by atoms with E-state index in [4.69, 9.17) is 4.74 Å². The minimum atomic E-state index is -0.769. The predicted molar refractivity (Wildman–Crippen MR) is 73.1 cm³/mol. The number of aryl methyl sites for hydroxylation is 2.